The second-order valence-electron chi connectivity index (χ2n) is 5.04. The number of fused-ring (bicyclic) bond motifs is 1. The molecule has 3 N–H and O–H groups in total. The second kappa shape index (κ2) is 4.71. The standard InChI is InChI=1S/C14H19N3O/c1-9-17-11-6-5-10(8-13(11)18-9)14(15)12-4-2-3-7-16-12/h5-6,8,12,14,16H,2-4,7,15H2,1H3. The summed E-state index contributed by atoms with van der Waals surface area (Å²) >= 11 is 0. The Morgan fingerprint density at radius 3 is 3.11 bits per heavy atom. The molecule has 2 aromatic rings. The van der Waals surface area contributed by atoms with Crippen molar-refractivity contribution in [2.75, 3.05) is 6.54 Å². The number of oxazole rings is 1. The van der Waals surface area contributed by atoms with Gasteiger partial charge in [0.15, 0.2) is 11.5 Å². The Morgan fingerprint density at radius 2 is 2.33 bits per heavy atom. The van der Waals surface area contributed by atoms with Gasteiger partial charge in [-0.2, -0.15) is 0 Å². The van der Waals surface area contributed by atoms with Gasteiger partial charge in [0.2, 0.25) is 0 Å². The van der Waals surface area contributed by atoms with Gasteiger partial charge in [-0.1, -0.05) is 12.5 Å². The number of aryl methyl sites for hydroxylation is 1. The van der Waals surface area contributed by atoms with Crippen LogP contribution >= 0.6 is 0 Å². The first-order chi connectivity index (χ1) is 8.74. The third-order valence-corrected chi connectivity index (χ3v) is 3.69. The van der Waals surface area contributed by atoms with Crippen molar-refractivity contribution in [3.63, 3.8) is 0 Å². The maximum Gasteiger partial charge on any atom is 0.192 e. The SMILES string of the molecule is Cc1nc2ccc(C(N)C3CCCCN3)cc2o1. The normalized spacial score (nSPS) is 22.2. The van der Waals surface area contributed by atoms with Crippen LogP contribution in [0.4, 0.5) is 0 Å². The van der Waals surface area contributed by atoms with E-state index in [0.717, 1.165) is 29.6 Å². The highest BCUT2D eigenvalue weighted by Crippen LogP contribution is 2.24. The molecule has 0 radical (unpaired) electrons. The molecule has 1 aromatic heterocycles. The molecule has 1 aliphatic heterocycles. The molecule has 2 heterocycles. The minimum atomic E-state index is 0.0279. The van der Waals surface area contributed by atoms with Crippen molar-refractivity contribution >= 4 is 11.1 Å². The van der Waals surface area contributed by atoms with Crippen LogP contribution in [0.5, 0.6) is 0 Å². The van der Waals surface area contributed by atoms with Crippen LogP contribution < -0.4 is 11.1 Å². The molecule has 4 nitrogen and oxygen atoms in total. The molecule has 0 amide bonds. The van der Waals surface area contributed by atoms with Crippen LogP contribution in [0.25, 0.3) is 11.1 Å². The molecule has 0 saturated carbocycles. The van der Waals surface area contributed by atoms with Crippen molar-refractivity contribution in [3.8, 4) is 0 Å². The maximum atomic E-state index is 6.34. The molecule has 3 rings (SSSR count). The molecule has 1 fully saturated rings. The number of hydrogen-bond donors (Lipinski definition) is 2. The summed E-state index contributed by atoms with van der Waals surface area (Å²) in [6, 6.07) is 6.48. The molecule has 0 spiro atoms. The van der Waals surface area contributed by atoms with Crippen molar-refractivity contribution in [1.29, 1.82) is 0 Å². The third kappa shape index (κ3) is 2.13. The second-order valence-corrected chi connectivity index (χ2v) is 5.04. The first-order valence-corrected chi connectivity index (χ1v) is 6.60. The minimum Gasteiger partial charge on any atom is -0.441 e. The van der Waals surface area contributed by atoms with Crippen LogP contribution in [-0.4, -0.2) is 17.6 Å². The molecule has 1 saturated heterocycles. The van der Waals surface area contributed by atoms with E-state index in [1.165, 1.54) is 12.8 Å². The minimum absolute atomic E-state index is 0.0279. The first-order valence-electron chi connectivity index (χ1n) is 6.60. The lowest BCUT2D eigenvalue weighted by molar-refractivity contribution is 0.353. The van der Waals surface area contributed by atoms with Crippen molar-refractivity contribution < 1.29 is 4.42 Å². The molecular formula is C14H19N3O. The van der Waals surface area contributed by atoms with Crippen molar-refractivity contribution in [3.05, 3.63) is 29.7 Å². The van der Waals surface area contributed by atoms with Gasteiger partial charge in [0.05, 0.1) is 0 Å². The highest BCUT2D eigenvalue weighted by atomic mass is 16.3. The van der Waals surface area contributed by atoms with Crippen LogP contribution in [0.1, 0.15) is 36.8 Å². The van der Waals surface area contributed by atoms with Gasteiger partial charge < -0.3 is 15.5 Å². The van der Waals surface area contributed by atoms with Gasteiger partial charge in [-0.15, -0.1) is 0 Å². The van der Waals surface area contributed by atoms with Gasteiger partial charge in [0.25, 0.3) is 0 Å². The lowest BCUT2D eigenvalue weighted by Crippen LogP contribution is -2.42. The van der Waals surface area contributed by atoms with E-state index in [9.17, 15) is 0 Å². The summed E-state index contributed by atoms with van der Waals surface area (Å²) in [5.41, 5.74) is 9.20. The van der Waals surface area contributed by atoms with Gasteiger partial charge in [-0.3, -0.25) is 0 Å². The van der Waals surface area contributed by atoms with Crippen molar-refractivity contribution in [2.24, 2.45) is 5.73 Å². The van der Waals surface area contributed by atoms with E-state index in [0.29, 0.717) is 11.9 Å². The summed E-state index contributed by atoms with van der Waals surface area (Å²) in [5, 5.41) is 3.50. The van der Waals surface area contributed by atoms with E-state index in [1.807, 2.05) is 19.1 Å². The van der Waals surface area contributed by atoms with Crippen LogP contribution in [0.15, 0.2) is 22.6 Å². The number of nitrogens with zero attached hydrogens (tertiary/aromatic N) is 1. The Bertz CT molecular complexity index is 543. The maximum absolute atomic E-state index is 6.34. The zero-order chi connectivity index (χ0) is 12.5. The molecule has 1 aromatic carbocycles. The van der Waals surface area contributed by atoms with Crippen LogP contribution in [0, 0.1) is 6.92 Å². The zero-order valence-electron chi connectivity index (χ0n) is 10.6. The molecule has 96 valence electrons. The predicted octanol–water partition coefficient (Wildman–Crippen LogP) is 2.28. The Hall–Kier alpha value is -1.39. The first kappa shape index (κ1) is 11.7. The fourth-order valence-electron chi connectivity index (χ4n) is 2.68. The monoisotopic (exact) mass is 245 g/mol. The average Bonchev–Trinajstić information content (AvgIpc) is 2.78. The van der Waals surface area contributed by atoms with E-state index in [4.69, 9.17) is 10.2 Å². The van der Waals surface area contributed by atoms with E-state index >= 15 is 0 Å². The summed E-state index contributed by atoms with van der Waals surface area (Å²) in [7, 11) is 0. The number of aromatic nitrogens is 1. The van der Waals surface area contributed by atoms with Gasteiger partial charge in [0, 0.05) is 19.0 Å². The third-order valence-electron chi connectivity index (χ3n) is 3.69. The topological polar surface area (TPSA) is 64.1 Å². The van der Waals surface area contributed by atoms with Crippen LogP contribution in [-0.2, 0) is 0 Å². The Morgan fingerprint density at radius 1 is 1.44 bits per heavy atom. The molecule has 2 unspecified atom stereocenters. The lowest BCUT2D eigenvalue weighted by Gasteiger charge is -2.29. The number of nitrogens with two attached hydrogens (primary N) is 1. The smallest absolute Gasteiger partial charge is 0.192 e. The van der Waals surface area contributed by atoms with E-state index < -0.39 is 0 Å². The number of piperidine rings is 1. The Balaban J connectivity index is 1.88. The highest BCUT2D eigenvalue weighted by Gasteiger charge is 2.21. The van der Waals surface area contributed by atoms with Gasteiger partial charge in [-0.05, 0) is 37.1 Å². The fraction of sp³-hybridized carbons (Fsp3) is 0.500. The number of benzene rings is 1. The van der Waals surface area contributed by atoms with Crippen LogP contribution in [0.3, 0.4) is 0 Å². The molecule has 0 bridgehead atoms. The zero-order valence-corrected chi connectivity index (χ0v) is 10.6. The molecule has 2 atom stereocenters. The summed E-state index contributed by atoms with van der Waals surface area (Å²) in [6.45, 7) is 2.93. The van der Waals surface area contributed by atoms with Gasteiger partial charge >= 0.3 is 0 Å². The number of hydrogen-bond acceptors (Lipinski definition) is 4. The Kier molecular flexibility index (Phi) is 3.06. The average molecular weight is 245 g/mol. The number of nitrogens with one attached hydrogen (secondary N) is 1. The van der Waals surface area contributed by atoms with Gasteiger partial charge in [0.1, 0.15) is 5.52 Å². The molecule has 0 aliphatic carbocycles. The van der Waals surface area contributed by atoms with Crippen LogP contribution in [0.2, 0.25) is 0 Å². The largest absolute Gasteiger partial charge is 0.441 e. The lowest BCUT2D eigenvalue weighted by atomic mass is 9.93. The summed E-state index contributed by atoms with van der Waals surface area (Å²) in [5.74, 6) is 0.700. The number of rotatable bonds is 2. The van der Waals surface area contributed by atoms with Gasteiger partial charge in [-0.25, -0.2) is 4.98 Å². The van der Waals surface area contributed by atoms with E-state index in [-0.39, 0.29) is 6.04 Å². The highest BCUT2D eigenvalue weighted by molar-refractivity contribution is 5.73. The molecular weight excluding hydrogens is 226 g/mol. The quantitative estimate of drug-likeness (QED) is 0.852. The predicted molar refractivity (Wildman–Crippen MR) is 71.3 cm³/mol. The summed E-state index contributed by atoms with van der Waals surface area (Å²) in [6.07, 6.45) is 3.66. The van der Waals surface area contributed by atoms with Crippen molar-refractivity contribution in [2.45, 2.75) is 38.3 Å². The molecule has 4 heteroatoms. The summed E-state index contributed by atoms with van der Waals surface area (Å²) in [4.78, 5) is 4.30. The molecule has 18 heavy (non-hydrogen) atoms. The van der Waals surface area contributed by atoms with E-state index in [1.54, 1.807) is 0 Å². The van der Waals surface area contributed by atoms with E-state index in [2.05, 4.69) is 16.4 Å². The summed E-state index contributed by atoms with van der Waals surface area (Å²) < 4.78 is 5.56. The molecule has 1 aliphatic rings. The Labute approximate surface area is 107 Å². The fourth-order valence-corrected chi connectivity index (χ4v) is 2.68. The van der Waals surface area contributed by atoms with Crippen molar-refractivity contribution in [1.82, 2.24) is 10.3 Å².